The lowest BCUT2D eigenvalue weighted by atomic mass is 10.2. The molecule has 0 saturated carbocycles. The molecule has 1 aromatic heterocycles. The van der Waals surface area contributed by atoms with Gasteiger partial charge in [0.05, 0.1) is 11.8 Å². The van der Waals surface area contributed by atoms with Gasteiger partial charge in [-0.15, -0.1) is 10.2 Å². The summed E-state index contributed by atoms with van der Waals surface area (Å²) in [6.07, 6.45) is 0. The zero-order valence-electron chi connectivity index (χ0n) is 13.2. The van der Waals surface area contributed by atoms with Gasteiger partial charge in [-0.3, -0.25) is 4.57 Å². The minimum atomic E-state index is 0.304. The first-order valence-corrected chi connectivity index (χ1v) is 8.45. The molecule has 6 heteroatoms. The Morgan fingerprint density at radius 2 is 1.83 bits per heavy atom. The van der Waals surface area contributed by atoms with Gasteiger partial charge in [0.2, 0.25) is 0 Å². The third-order valence-corrected chi connectivity index (χ3v) is 4.17. The Balaban J connectivity index is 1.89. The summed E-state index contributed by atoms with van der Waals surface area (Å²) >= 11 is 1.36. The lowest BCUT2D eigenvalue weighted by Gasteiger charge is -2.11. The van der Waals surface area contributed by atoms with E-state index >= 15 is 0 Å². The number of hydrogen-bond donors (Lipinski definition) is 0. The fourth-order valence-corrected chi connectivity index (χ4v) is 2.83. The lowest BCUT2D eigenvalue weighted by Crippen LogP contribution is -2.06. The number of benzene rings is 2. The molecule has 0 N–H and O–H groups in total. The van der Waals surface area contributed by atoms with Gasteiger partial charge in [-0.2, -0.15) is 5.26 Å². The molecule has 24 heavy (non-hydrogen) atoms. The second kappa shape index (κ2) is 7.66. The molecule has 0 radical (unpaired) electrons. The predicted molar refractivity (Wildman–Crippen MR) is 93.2 cm³/mol. The normalized spacial score (nSPS) is 10.3. The van der Waals surface area contributed by atoms with Crippen molar-refractivity contribution >= 4 is 11.8 Å². The number of thioether (sulfide) groups is 1. The standard InChI is InChI=1S/C18H16N4OS/c1-14-7-9-15(10-8-14)22-17(20-21-18(22)24-12-11-19)13-23-16-5-3-2-4-6-16/h2-10H,12-13H2,1H3. The van der Waals surface area contributed by atoms with E-state index in [0.29, 0.717) is 23.3 Å². The number of rotatable bonds is 6. The van der Waals surface area contributed by atoms with Crippen LogP contribution in [0.2, 0.25) is 0 Å². The fraction of sp³-hybridized carbons (Fsp3) is 0.167. The summed E-state index contributed by atoms with van der Waals surface area (Å²) < 4.78 is 7.73. The van der Waals surface area contributed by atoms with Crippen LogP contribution < -0.4 is 4.74 Å². The summed E-state index contributed by atoms with van der Waals surface area (Å²) in [5.41, 5.74) is 2.14. The molecule has 0 fully saturated rings. The van der Waals surface area contributed by atoms with Crippen LogP contribution in [0, 0.1) is 18.3 Å². The van der Waals surface area contributed by atoms with Crippen LogP contribution >= 0.6 is 11.8 Å². The van der Waals surface area contributed by atoms with E-state index in [2.05, 4.69) is 16.3 Å². The maximum absolute atomic E-state index is 8.83. The number of para-hydroxylation sites is 1. The summed E-state index contributed by atoms with van der Waals surface area (Å²) in [7, 11) is 0. The van der Waals surface area contributed by atoms with E-state index in [-0.39, 0.29) is 0 Å². The third kappa shape index (κ3) is 3.76. The average Bonchev–Trinajstić information content (AvgIpc) is 3.02. The van der Waals surface area contributed by atoms with Gasteiger partial charge in [-0.25, -0.2) is 0 Å². The molecule has 0 spiro atoms. The molecule has 0 aliphatic carbocycles. The van der Waals surface area contributed by atoms with E-state index in [1.807, 2.05) is 66.1 Å². The summed E-state index contributed by atoms with van der Waals surface area (Å²) in [5.74, 6) is 1.80. The van der Waals surface area contributed by atoms with Crippen molar-refractivity contribution in [1.29, 1.82) is 5.26 Å². The Labute approximate surface area is 144 Å². The van der Waals surface area contributed by atoms with Crippen molar-refractivity contribution in [2.24, 2.45) is 0 Å². The van der Waals surface area contributed by atoms with Crippen LogP contribution in [-0.2, 0) is 6.61 Å². The molecule has 0 saturated heterocycles. The first kappa shape index (κ1) is 16.1. The van der Waals surface area contributed by atoms with E-state index in [1.54, 1.807) is 0 Å². The van der Waals surface area contributed by atoms with Gasteiger partial charge in [0.15, 0.2) is 11.0 Å². The van der Waals surface area contributed by atoms with Crippen molar-refractivity contribution in [3.05, 3.63) is 66.0 Å². The molecule has 3 rings (SSSR count). The highest BCUT2D eigenvalue weighted by atomic mass is 32.2. The molecule has 0 aliphatic heterocycles. The second-order valence-electron chi connectivity index (χ2n) is 5.12. The van der Waals surface area contributed by atoms with E-state index in [4.69, 9.17) is 10.00 Å². The van der Waals surface area contributed by atoms with Crippen LogP contribution in [-0.4, -0.2) is 20.5 Å². The van der Waals surface area contributed by atoms with Crippen molar-refractivity contribution in [3.8, 4) is 17.5 Å². The van der Waals surface area contributed by atoms with Crippen molar-refractivity contribution < 1.29 is 4.74 Å². The quantitative estimate of drug-likeness (QED) is 0.641. The molecule has 2 aromatic carbocycles. The minimum Gasteiger partial charge on any atom is -0.486 e. The minimum absolute atomic E-state index is 0.304. The Morgan fingerprint density at radius 3 is 2.54 bits per heavy atom. The van der Waals surface area contributed by atoms with E-state index in [0.717, 1.165) is 11.4 Å². The molecular weight excluding hydrogens is 320 g/mol. The molecule has 0 amide bonds. The van der Waals surface area contributed by atoms with Crippen molar-refractivity contribution in [2.45, 2.75) is 18.7 Å². The highest BCUT2D eigenvalue weighted by Gasteiger charge is 2.15. The number of nitrogens with zero attached hydrogens (tertiary/aromatic N) is 4. The topological polar surface area (TPSA) is 63.7 Å². The number of hydrogen-bond acceptors (Lipinski definition) is 5. The summed E-state index contributed by atoms with van der Waals surface area (Å²) in [5, 5.41) is 18.0. The van der Waals surface area contributed by atoms with E-state index in [1.165, 1.54) is 17.3 Å². The van der Waals surface area contributed by atoms with Crippen LogP contribution in [0.5, 0.6) is 5.75 Å². The van der Waals surface area contributed by atoms with Gasteiger partial charge in [-0.05, 0) is 31.2 Å². The first-order valence-electron chi connectivity index (χ1n) is 7.47. The van der Waals surface area contributed by atoms with Gasteiger partial charge in [0.1, 0.15) is 12.4 Å². The smallest absolute Gasteiger partial charge is 0.196 e. The molecular formula is C18H16N4OS. The first-order chi connectivity index (χ1) is 11.8. The fourth-order valence-electron chi connectivity index (χ4n) is 2.20. The third-order valence-electron chi connectivity index (χ3n) is 3.37. The predicted octanol–water partition coefficient (Wildman–Crippen LogP) is 3.77. The Bertz CT molecular complexity index is 838. The molecule has 0 bridgehead atoms. The Hall–Kier alpha value is -2.78. The summed E-state index contributed by atoms with van der Waals surface area (Å²) in [4.78, 5) is 0. The number of nitriles is 1. The van der Waals surface area contributed by atoms with Crippen LogP contribution in [0.4, 0.5) is 0 Å². The van der Waals surface area contributed by atoms with Crippen molar-refractivity contribution in [3.63, 3.8) is 0 Å². The molecule has 1 heterocycles. The average molecular weight is 336 g/mol. The van der Waals surface area contributed by atoms with Crippen LogP contribution in [0.3, 0.4) is 0 Å². The van der Waals surface area contributed by atoms with Crippen LogP contribution in [0.15, 0.2) is 59.8 Å². The SMILES string of the molecule is Cc1ccc(-n2c(COc3ccccc3)nnc2SCC#N)cc1. The Morgan fingerprint density at radius 1 is 1.08 bits per heavy atom. The lowest BCUT2D eigenvalue weighted by molar-refractivity contribution is 0.293. The maximum Gasteiger partial charge on any atom is 0.196 e. The molecule has 0 unspecified atom stereocenters. The molecule has 5 nitrogen and oxygen atoms in total. The van der Waals surface area contributed by atoms with E-state index in [9.17, 15) is 0 Å². The van der Waals surface area contributed by atoms with Crippen molar-refractivity contribution in [1.82, 2.24) is 14.8 Å². The number of aromatic nitrogens is 3. The number of aryl methyl sites for hydroxylation is 1. The Kier molecular flexibility index (Phi) is 5.14. The summed E-state index contributed by atoms with van der Waals surface area (Å²) in [6.45, 7) is 2.35. The van der Waals surface area contributed by atoms with Gasteiger partial charge in [-0.1, -0.05) is 47.7 Å². The highest BCUT2D eigenvalue weighted by molar-refractivity contribution is 7.99. The molecule has 3 aromatic rings. The highest BCUT2D eigenvalue weighted by Crippen LogP contribution is 2.23. The summed E-state index contributed by atoms with van der Waals surface area (Å²) in [6, 6.07) is 19.8. The van der Waals surface area contributed by atoms with Gasteiger partial charge < -0.3 is 4.74 Å². The maximum atomic E-state index is 8.83. The van der Waals surface area contributed by atoms with Gasteiger partial charge in [0.25, 0.3) is 0 Å². The zero-order valence-corrected chi connectivity index (χ0v) is 14.0. The van der Waals surface area contributed by atoms with Crippen LogP contribution in [0.25, 0.3) is 5.69 Å². The zero-order chi connectivity index (χ0) is 16.8. The van der Waals surface area contributed by atoms with E-state index < -0.39 is 0 Å². The monoisotopic (exact) mass is 336 g/mol. The molecule has 120 valence electrons. The molecule has 0 atom stereocenters. The van der Waals surface area contributed by atoms with Crippen molar-refractivity contribution in [2.75, 3.05) is 5.75 Å². The van der Waals surface area contributed by atoms with Crippen LogP contribution in [0.1, 0.15) is 11.4 Å². The van der Waals surface area contributed by atoms with Gasteiger partial charge in [0, 0.05) is 5.69 Å². The largest absolute Gasteiger partial charge is 0.486 e. The van der Waals surface area contributed by atoms with Gasteiger partial charge >= 0.3 is 0 Å². The number of ether oxygens (including phenoxy) is 1. The second-order valence-corrected chi connectivity index (χ2v) is 6.06. The molecule has 0 aliphatic rings.